The maximum atomic E-state index is 13.1. The Morgan fingerprint density at radius 2 is 2.07 bits per heavy atom. The molecule has 3 rings (SSSR count). The highest BCUT2D eigenvalue weighted by Gasteiger charge is 2.47. The molecule has 9 heteroatoms. The lowest BCUT2D eigenvalue weighted by Crippen LogP contribution is -2.57. The van der Waals surface area contributed by atoms with Crippen molar-refractivity contribution in [1.82, 2.24) is 15.0 Å². The number of hydrogen-bond acceptors (Lipinski definition) is 6. The summed E-state index contributed by atoms with van der Waals surface area (Å²) in [6, 6.07) is 2.90. The lowest BCUT2D eigenvalue weighted by Gasteiger charge is -2.49. The van der Waals surface area contributed by atoms with Crippen molar-refractivity contribution in [1.29, 1.82) is 5.26 Å². The highest BCUT2D eigenvalue weighted by molar-refractivity contribution is 5.52. The molecular formula is C19H20F3N5O. The van der Waals surface area contributed by atoms with Gasteiger partial charge in [0.25, 0.3) is 0 Å². The van der Waals surface area contributed by atoms with Crippen LogP contribution in [0, 0.1) is 16.7 Å². The van der Waals surface area contributed by atoms with E-state index >= 15 is 0 Å². The number of hydrogen-bond donors (Lipinski definition) is 2. The topological polar surface area (TPSA) is 94.7 Å². The molecule has 0 bridgehead atoms. The average Bonchev–Trinajstić information content (AvgIpc) is 2.65. The fraction of sp³-hybridized carbons (Fsp3) is 0.474. The first-order valence-corrected chi connectivity index (χ1v) is 8.83. The summed E-state index contributed by atoms with van der Waals surface area (Å²) in [5, 5.41) is 22.3. The summed E-state index contributed by atoms with van der Waals surface area (Å²) in [5.74, 6) is 0.663. The fourth-order valence-corrected chi connectivity index (χ4v) is 3.19. The van der Waals surface area contributed by atoms with Gasteiger partial charge in [-0.1, -0.05) is 13.8 Å². The van der Waals surface area contributed by atoms with E-state index in [-0.39, 0.29) is 35.4 Å². The standard InChI is InChI=1S/C19H20F3N5O/c1-18(2)14(7-15(18)28)26-17-12(8-23)10-25-16(27-17)4-3-11-9-24-6-5-13(11)19(20,21)22/h5-6,9-10,14-15,28H,3-4,7H2,1-2H3,(H,25,26,27)/t14-,15-/m0/s1. The number of nitrogens with one attached hydrogen (secondary N) is 1. The molecule has 2 atom stereocenters. The van der Waals surface area contributed by atoms with Gasteiger partial charge >= 0.3 is 6.18 Å². The number of aliphatic hydroxyl groups excluding tert-OH is 1. The fourth-order valence-electron chi connectivity index (χ4n) is 3.19. The van der Waals surface area contributed by atoms with Gasteiger partial charge in [-0.3, -0.25) is 4.98 Å². The molecule has 0 saturated heterocycles. The Hall–Kier alpha value is -2.73. The minimum atomic E-state index is -4.45. The summed E-state index contributed by atoms with van der Waals surface area (Å²) in [7, 11) is 0. The van der Waals surface area contributed by atoms with Gasteiger partial charge in [-0.2, -0.15) is 18.4 Å². The predicted octanol–water partition coefficient (Wildman–Crippen LogP) is 3.12. The highest BCUT2D eigenvalue weighted by Crippen LogP contribution is 2.42. The Labute approximate surface area is 160 Å². The van der Waals surface area contributed by atoms with E-state index in [1.165, 1.54) is 12.4 Å². The molecule has 1 aliphatic rings. The molecule has 2 aromatic heterocycles. The number of alkyl halides is 3. The van der Waals surface area contributed by atoms with Crippen LogP contribution in [0.25, 0.3) is 0 Å². The van der Waals surface area contributed by atoms with Crippen molar-refractivity contribution in [3.8, 4) is 6.07 Å². The molecule has 1 aliphatic carbocycles. The van der Waals surface area contributed by atoms with Crippen molar-refractivity contribution in [3.63, 3.8) is 0 Å². The van der Waals surface area contributed by atoms with Crippen LogP contribution < -0.4 is 5.32 Å². The summed E-state index contributed by atoms with van der Waals surface area (Å²) in [6.45, 7) is 3.82. The summed E-state index contributed by atoms with van der Waals surface area (Å²) >= 11 is 0. The predicted molar refractivity (Wildman–Crippen MR) is 95.2 cm³/mol. The highest BCUT2D eigenvalue weighted by atomic mass is 19.4. The van der Waals surface area contributed by atoms with E-state index in [2.05, 4.69) is 20.3 Å². The Morgan fingerprint density at radius 3 is 2.68 bits per heavy atom. The molecule has 1 saturated carbocycles. The van der Waals surface area contributed by atoms with Crippen LogP contribution in [0.2, 0.25) is 0 Å². The summed E-state index contributed by atoms with van der Waals surface area (Å²) in [5.41, 5.74) is -0.770. The van der Waals surface area contributed by atoms with Crippen molar-refractivity contribution >= 4 is 5.82 Å². The summed E-state index contributed by atoms with van der Waals surface area (Å²) in [6.07, 6.45) is -0.447. The van der Waals surface area contributed by atoms with Gasteiger partial charge in [0.1, 0.15) is 23.3 Å². The second-order valence-corrected chi connectivity index (χ2v) is 7.46. The van der Waals surface area contributed by atoms with Gasteiger partial charge < -0.3 is 10.4 Å². The maximum absolute atomic E-state index is 13.1. The third kappa shape index (κ3) is 3.92. The van der Waals surface area contributed by atoms with Crippen LogP contribution in [0.1, 0.15) is 42.8 Å². The van der Waals surface area contributed by atoms with Gasteiger partial charge in [0.2, 0.25) is 0 Å². The minimum absolute atomic E-state index is 0.0625. The molecule has 1 fully saturated rings. The molecule has 2 heterocycles. The molecule has 0 aromatic carbocycles. The van der Waals surface area contributed by atoms with Crippen molar-refractivity contribution < 1.29 is 18.3 Å². The second kappa shape index (κ2) is 7.36. The first kappa shape index (κ1) is 20.0. The minimum Gasteiger partial charge on any atom is -0.392 e. The van der Waals surface area contributed by atoms with Crippen molar-refractivity contribution in [2.75, 3.05) is 5.32 Å². The molecule has 0 unspecified atom stereocenters. The van der Waals surface area contributed by atoms with Gasteiger partial charge in [0.05, 0.1) is 17.9 Å². The molecule has 28 heavy (non-hydrogen) atoms. The SMILES string of the molecule is CC1(C)[C@@H](Nc2nc(CCc3cnccc3C(F)(F)F)ncc2C#N)C[C@@H]1O. The van der Waals surface area contributed by atoms with Crippen LogP contribution in [0.3, 0.4) is 0 Å². The Bertz CT molecular complexity index is 907. The van der Waals surface area contributed by atoms with Crippen LogP contribution in [-0.4, -0.2) is 32.2 Å². The van der Waals surface area contributed by atoms with E-state index in [4.69, 9.17) is 0 Å². The lowest BCUT2D eigenvalue weighted by molar-refractivity contribution is -0.138. The second-order valence-electron chi connectivity index (χ2n) is 7.46. The van der Waals surface area contributed by atoms with E-state index in [1.54, 1.807) is 0 Å². The molecular weight excluding hydrogens is 371 g/mol. The number of aromatic nitrogens is 3. The third-order valence-corrected chi connectivity index (χ3v) is 5.31. The Morgan fingerprint density at radius 1 is 1.32 bits per heavy atom. The molecule has 0 amide bonds. The number of halogens is 3. The number of aryl methyl sites for hydroxylation is 2. The van der Waals surface area contributed by atoms with E-state index < -0.39 is 17.8 Å². The van der Waals surface area contributed by atoms with E-state index in [9.17, 15) is 23.5 Å². The molecule has 2 aromatic rings. The maximum Gasteiger partial charge on any atom is 0.416 e. The number of rotatable bonds is 5. The van der Waals surface area contributed by atoms with Crippen LogP contribution in [-0.2, 0) is 19.0 Å². The zero-order chi connectivity index (χ0) is 20.5. The number of anilines is 1. The van der Waals surface area contributed by atoms with Crippen LogP contribution >= 0.6 is 0 Å². The molecule has 6 nitrogen and oxygen atoms in total. The summed E-state index contributed by atoms with van der Waals surface area (Å²) in [4.78, 5) is 12.2. The molecule has 2 N–H and O–H groups in total. The van der Waals surface area contributed by atoms with Crippen molar-refractivity contribution in [2.45, 2.75) is 51.4 Å². The zero-order valence-electron chi connectivity index (χ0n) is 15.5. The van der Waals surface area contributed by atoms with Gasteiger partial charge in [-0.15, -0.1) is 0 Å². The van der Waals surface area contributed by atoms with E-state index in [0.29, 0.717) is 18.1 Å². The normalized spacial score (nSPS) is 20.9. The Kier molecular flexibility index (Phi) is 5.26. The van der Waals surface area contributed by atoms with Crippen LogP contribution in [0.15, 0.2) is 24.7 Å². The smallest absolute Gasteiger partial charge is 0.392 e. The first-order chi connectivity index (χ1) is 13.1. The molecule has 0 spiro atoms. The van der Waals surface area contributed by atoms with E-state index in [1.807, 2.05) is 19.9 Å². The summed E-state index contributed by atoms with van der Waals surface area (Å²) < 4.78 is 39.3. The quantitative estimate of drug-likeness (QED) is 0.813. The molecule has 148 valence electrons. The average molecular weight is 391 g/mol. The number of nitrogens with zero attached hydrogens (tertiary/aromatic N) is 4. The van der Waals surface area contributed by atoms with Gasteiger partial charge in [0, 0.05) is 30.3 Å². The van der Waals surface area contributed by atoms with Crippen molar-refractivity contribution in [3.05, 3.63) is 47.2 Å². The van der Waals surface area contributed by atoms with Crippen molar-refractivity contribution in [2.24, 2.45) is 5.41 Å². The van der Waals surface area contributed by atoms with Gasteiger partial charge in [0.15, 0.2) is 0 Å². The zero-order valence-corrected chi connectivity index (χ0v) is 15.5. The van der Waals surface area contributed by atoms with Gasteiger partial charge in [-0.05, 0) is 24.5 Å². The third-order valence-electron chi connectivity index (χ3n) is 5.31. The number of aliphatic hydroxyl groups is 1. The monoisotopic (exact) mass is 391 g/mol. The lowest BCUT2D eigenvalue weighted by atomic mass is 9.64. The molecule has 0 aliphatic heterocycles. The number of pyridine rings is 1. The Balaban J connectivity index is 1.77. The largest absolute Gasteiger partial charge is 0.416 e. The van der Waals surface area contributed by atoms with Crippen LogP contribution in [0.5, 0.6) is 0 Å². The number of nitriles is 1. The van der Waals surface area contributed by atoms with Crippen LogP contribution in [0.4, 0.5) is 19.0 Å². The van der Waals surface area contributed by atoms with Gasteiger partial charge in [-0.25, -0.2) is 9.97 Å². The molecule has 0 radical (unpaired) electrons. The van der Waals surface area contributed by atoms with E-state index in [0.717, 1.165) is 12.3 Å². The first-order valence-electron chi connectivity index (χ1n) is 8.83.